The fourth-order valence-electron chi connectivity index (χ4n) is 2.91. The molecule has 0 aliphatic carbocycles. The van der Waals surface area contributed by atoms with Gasteiger partial charge in [0.1, 0.15) is 24.7 Å². The lowest BCUT2D eigenvalue weighted by Crippen LogP contribution is -2.49. The number of nitrogens with one attached hydrogen (secondary N) is 2. The highest BCUT2D eigenvalue weighted by Gasteiger charge is 2.21. The Kier molecular flexibility index (Phi) is 18.7. The van der Waals surface area contributed by atoms with Crippen molar-refractivity contribution in [2.24, 2.45) is 11.5 Å². The third kappa shape index (κ3) is 16.0. The molecule has 1 aromatic rings. The number of nitrogens with two attached hydrogens (primary N) is 2. The quantitative estimate of drug-likeness (QED) is 0.0843. The van der Waals surface area contributed by atoms with Gasteiger partial charge in [-0.3, -0.25) is 24.0 Å². The minimum absolute atomic E-state index is 0.0256. The number of anilines is 1. The number of carbonyl (C=O) groups excluding carboxylic acids is 2. The van der Waals surface area contributed by atoms with Crippen molar-refractivity contribution in [2.75, 3.05) is 42.0 Å². The first-order valence-electron chi connectivity index (χ1n) is 11.7. The van der Waals surface area contributed by atoms with E-state index in [9.17, 15) is 24.0 Å². The fourth-order valence-corrected chi connectivity index (χ4v) is 3.58. The molecular formula is C23H35Cl2N5O8S. The van der Waals surface area contributed by atoms with Gasteiger partial charge >= 0.3 is 17.9 Å². The summed E-state index contributed by atoms with van der Waals surface area (Å²) in [4.78, 5) is 56.5. The van der Waals surface area contributed by atoms with Gasteiger partial charge in [-0.25, -0.2) is 0 Å². The van der Waals surface area contributed by atoms with E-state index in [1.807, 2.05) is 24.3 Å². The number of rotatable bonds is 17. The summed E-state index contributed by atoms with van der Waals surface area (Å²) in [6.45, 7) is 0.882. The van der Waals surface area contributed by atoms with Crippen molar-refractivity contribution in [1.29, 1.82) is 0 Å². The minimum atomic E-state index is -1.22. The molecule has 0 aliphatic rings. The van der Waals surface area contributed by atoms with Gasteiger partial charge in [-0.1, -0.05) is 12.1 Å². The third-order valence-electron chi connectivity index (χ3n) is 5.03. The van der Waals surface area contributed by atoms with Gasteiger partial charge in [0, 0.05) is 42.7 Å². The van der Waals surface area contributed by atoms with Crippen LogP contribution in [0.25, 0.3) is 0 Å². The van der Waals surface area contributed by atoms with Crippen molar-refractivity contribution in [2.45, 2.75) is 37.4 Å². The fraction of sp³-hybridized carbons (Fsp3) is 0.522. The molecule has 220 valence electrons. The Morgan fingerprint density at radius 1 is 0.923 bits per heavy atom. The number of thiol groups is 1. The van der Waals surface area contributed by atoms with Crippen LogP contribution in [-0.4, -0.2) is 100 Å². The van der Waals surface area contributed by atoms with Gasteiger partial charge in [-0.2, -0.15) is 12.6 Å². The van der Waals surface area contributed by atoms with Crippen LogP contribution in [0.4, 0.5) is 5.69 Å². The van der Waals surface area contributed by atoms with Gasteiger partial charge in [0.2, 0.25) is 11.8 Å². The van der Waals surface area contributed by atoms with Crippen LogP contribution in [0.2, 0.25) is 0 Å². The second kappa shape index (κ2) is 20.2. The zero-order valence-corrected chi connectivity index (χ0v) is 23.5. The van der Waals surface area contributed by atoms with Crippen LogP contribution in [0.3, 0.4) is 0 Å². The first kappa shape index (κ1) is 36.2. The molecule has 1 rings (SSSR count). The predicted molar refractivity (Wildman–Crippen MR) is 151 cm³/mol. The summed E-state index contributed by atoms with van der Waals surface area (Å²) >= 11 is 15.4. The van der Waals surface area contributed by atoms with Crippen LogP contribution in [0.1, 0.15) is 18.4 Å². The molecule has 16 heteroatoms. The number of aliphatic carboxylic acids is 3. The Labute approximate surface area is 241 Å². The Balaban J connectivity index is 0.000000741. The average molecular weight is 613 g/mol. The van der Waals surface area contributed by atoms with Crippen LogP contribution >= 0.6 is 35.8 Å². The number of carboxylic acids is 3. The van der Waals surface area contributed by atoms with Crippen LogP contribution < -0.4 is 27.0 Å². The van der Waals surface area contributed by atoms with Gasteiger partial charge < -0.3 is 42.3 Å². The van der Waals surface area contributed by atoms with E-state index in [-0.39, 0.29) is 18.6 Å². The highest BCUT2D eigenvalue weighted by molar-refractivity contribution is 7.80. The Morgan fingerprint density at radius 2 is 1.46 bits per heavy atom. The van der Waals surface area contributed by atoms with Gasteiger partial charge in [-0.05, 0) is 30.5 Å². The number of amides is 2. The summed E-state index contributed by atoms with van der Waals surface area (Å²) < 4.78 is 0. The molecule has 0 unspecified atom stereocenters. The van der Waals surface area contributed by atoms with Crippen LogP contribution in [0, 0.1) is 0 Å². The number of carboxylic acid groups (broad SMARTS) is 3. The molecule has 3 atom stereocenters. The summed E-state index contributed by atoms with van der Waals surface area (Å²) in [5.41, 5.74) is 12.6. The summed E-state index contributed by atoms with van der Waals surface area (Å²) in [6, 6.07) is 4.61. The lowest BCUT2D eigenvalue weighted by Gasteiger charge is -2.23. The summed E-state index contributed by atoms with van der Waals surface area (Å²) in [7, 11) is 0. The standard InChI is InChI=1S/C13H18Cl2N2O2.C10H17N3O6S/c14-5-7-17(8-6-15)11-3-1-10(2-4-11)9-12(16)13(18)19;11-5(10(18)19)1-2-7(14)13-6(4-20)9(17)12-3-8(15)16/h1-4,12H,5-9,16H2,(H,18,19);5-6,20H,1-4,11H2,(H,12,17)(H,13,14)(H,15,16)(H,18,19)/t12-;5-,6-/m00/s1. The average Bonchev–Trinajstić information content (AvgIpc) is 2.89. The Hall–Kier alpha value is -2.78. The lowest BCUT2D eigenvalue weighted by atomic mass is 10.1. The number of halogens is 2. The largest absolute Gasteiger partial charge is 0.480 e. The van der Waals surface area contributed by atoms with Crippen molar-refractivity contribution in [3.63, 3.8) is 0 Å². The first-order valence-corrected chi connectivity index (χ1v) is 13.4. The maximum Gasteiger partial charge on any atom is 0.322 e. The Bertz CT molecular complexity index is 936. The topological polar surface area (TPSA) is 225 Å². The summed E-state index contributed by atoms with van der Waals surface area (Å²) in [5.74, 6) is -3.63. The molecule has 39 heavy (non-hydrogen) atoms. The normalized spacial score (nSPS) is 12.6. The molecule has 9 N–H and O–H groups in total. The molecular weight excluding hydrogens is 577 g/mol. The molecule has 0 fully saturated rings. The monoisotopic (exact) mass is 611 g/mol. The number of hydrogen-bond donors (Lipinski definition) is 8. The number of nitrogens with zero attached hydrogens (tertiary/aromatic N) is 1. The van der Waals surface area contributed by atoms with E-state index in [0.717, 1.165) is 24.3 Å². The maximum absolute atomic E-state index is 11.5. The highest BCUT2D eigenvalue weighted by atomic mass is 35.5. The Morgan fingerprint density at radius 3 is 1.90 bits per heavy atom. The lowest BCUT2D eigenvalue weighted by molar-refractivity contribution is -0.139. The van der Waals surface area contributed by atoms with E-state index in [1.54, 1.807) is 0 Å². The smallest absolute Gasteiger partial charge is 0.322 e. The van der Waals surface area contributed by atoms with Crippen molar-refractivity contribution in [3.8, 4) is 0 Å². The van der Waals surface area contributed by atoms with E-state index >= 15 is 0 Å². The van der Waals surface area contributed by atoms with Crippen LogP contribution in [-0.2, 0) is 30.4 Å². The van der Waals surface area contributed by atoms with E-state index in [2.05, 4.69) is 28.2 Å². The molecule has 0 spiro atoms. The second-order valence-corrected chi connectivity index (χ2v) is 9.20. The molecule has 13 nitrogen and oxygen atoms in total. The van der Waals surface area contributed by atoms with Gasteiger partial charge in [0.25, 0.3) is 0 Å². The van der Waals surface area contributed by atoms with Crippen molar-refractivity contribution in [3.05, 3.63) is 29.8 Å². The summed E-state index contributed by atoms with van der Waals surface area (Å²) in [5, 5.41) is 30.1. The summed E-state index contributed by atoms with van der Waals surface area (Å²) in [6.07, 6.45) is 0.0851. The number of benzene rings is 1. The highest BCUT2D eigenvalue weighted by Crippen LogP contribution is 2.16. The van der Waals surface area contributed by atoms with E-state index in [0.29, 0.717) is 18.2 Å². The molecule has 0 bridgehead atoms. The van der Waals surface area contributed by atoms with Crippen molar-refractivity contribution < 1.29 is 39.3 Å². The minimum Gasteiger partial charge on any atom is -0.480 e. The van der Waals surface area contributed by atoms with Crippen LogP contribution in [0.5, 0.6) is 0 Å². The molecule has 0 radical (unpaired) electrons. The molecule has 2 amide bonds. The number of carbonyl (C=O) groups is 5. The molecule has 0 aromatic heterocycles. The number of alkyl halides is 2. The second-order valence-electron chi connectivity index (χ2n) is 8.08. The maximum atomic E-state index is 11.5. The van der Waals surface area contributed by atoms with Crippen LogP contribution in [0.15, 0.2) is 24.3 Å². The van der Waals surface area contributed by atoms with E-state index < -0.39 is 54.4 Å². The first-order chi connectivity index (χ1) is 18.4. The third-order valence-corrected chi connectivity index (χ3v) is 5.73. The van der Waals surface area contributed by atoms with Gasteiger partial charge in [0.15, 0.2) is 0 Å². The molecule has 0 saturated carbocycles. The molecule has 0 heterocycles. The number of hydrogen-bond acceptors (Lipinski definition) is 9. The zero-order valence-electron chi connectivity index (χ0n) is 21.1. The van der Waals surface area contributed by atoms with Gasteiger partial charge in [-0.15, -0.1) is 23.2 Å². The van der Waals surface area contributed by atoms with Gasteiger partial charge in [0.05, 0.1) is 0 Å². The zero-order chi connectivity index (χ0) is 30.0. The van der Waals surface area contributed by atoms with E-state index in [1.165, 1.54) is 0 Å². The molecule has 0 aliphatic heterocycles. The van der Waals surface area contributed by atoms with Crippen molar-refractivity contribution >= 4 is 71.2 Å². The van der Waals surface area contributed by atoms with Crippen molar-refractivity contribution in [1.82, 2.24) is 10.6 Å². The SMILES string of the molecule is N[C@@H](CCC(=O)N[C@@H](CS)C(=O)NCC(=O)O)C(=O)O.N[C@@H](Cc1ccc(N(CCCl)CCCl)cc1)C(=O)O. The molecule has 1 aromatic carbocycles. The predicted octanol–water partition coefficient (Wildman–Crippen LogP) is -0.281. The molecule has 0 saturated heterocycles. The van der Waals surface area contributed by atoms with E-state index in [4.69, 9.17) is 50.0 Å².